The summed E-state index contributed by atoms with van der Waals surface area (Å²) in [4.78, 5) is 42.8. The highest BCUT2D eigenvalue weighted by molar-refractivity contribution is 6.00. The Bertz CT molecular complexity index is 1730. The molecule has 13 heteroatoms. The molecule has 5 rings (SSSR count). The number of hydrogen-bond acceptors (Lipinski definition) is 9. The summed E-state index contributed by atoms with van der Waals surface area (Å²) in [6.07, 6.45) is 3.24. The van der Waals surface area contributed by atoms with Gasteiger partial charge < -0.3 is 34.5 Å². The van der Waals surface area contributed by atoms with Crippen LogP contribution in [-0.2, 0) is 35.4 Å². The number of aromatic nitrogens is 3. The molecule has 2 bridgehead atoms. The number of amides is 3. The average molecular weight is 671 g/mol. The van der Waals surface area contributed by atoms with Gasteiger partial charge in [0.25, 0.3) is 5.91 Å². The first-order valence-corrected chi connectivity index (χ1v) is 16.2. The molecule has 4 aromatic rings. The van der Waals surface area contributed by atoms with Gasteiger partial charge in [-0.3, -0.25) is 19.1 Å². The van der Waals surface area contributed by atoms with Crippen LogP contribution in [0.3, 0.4) is 0 Å². The van der Waals surface area contributed by atoms with Crippen LogP contribution in [0.1, 0.15) is 33.6 Å². The smallest absolute Gasteiger partial charge is 0.255 e. The molecular formula is C36H42N6O7. The van der Waals surface area contributed by atoms with Gasteiger partial charge in [-0.05, 0) is 23.8 Å². The Morgan fingerprint density at radius 2 is 1.76 bits per heavy atom. The van der Waals surface area contributed by atoms with Crippen molar-refractivity contribution in [1.82, 2.24) is 30.5 Å². The second-order valence-corrected chi connectivity index (χ2v) is 11.5. The molecule has 0 aliphatic carbocycles. The molecule has 0 saturated heterocycles. The molecule has 0 fully saturated rings. The predicted octanol–water partition coefficient (Wildman–Crippen LogP) is 2.86. The van der Waals surface area contributed by atoms with E-state index in [0.717, 1.165) is 11.3 Å². The van der Waals surface area contributed by atoms with Gasteiger partial charge in [0, 0.05) is 63.3 Å². The Hall–Kier alpha value is -5.59. The highest BCUT2D eigenvalue weighted by Crippen LogP contribution is 2.31. The third-order valence-electron chi connectivity index (χ3n) is 8.22. The van der Waals surface area contributed by atoms with Gasteiger partial charge in [0.1, 0.15) is 17.5 Å². The van der Waals surface area contributed by atoms with Crippen molar-refractivity contribution in [2.24, 2.45) is 0 Å². The number of benzene rings is 3. The first kappa shape index (κ1) is 34.7. The fourth-order valence-corrected chi connectivity index (χ4v) is 5.58. The summed E-state index contributed by atoms with van der Waals surface area (Å²) in [6.45, 7) is 1.55. The molecule has 1 aliphatic rings. The minimum absolute atomic E-state index is 0.0867. The minimum Gasteiger partial charge on any atom is -0.497 e. The fourth-order valence-electron chi connectivity index (χ4n) is 5.58. The zero-order valence-electron chi connectivity index (χ0n) is 28.0. The van der Waals surface area contributed by atoms with Gasteiger partial charge in [-0.25, -0.2) is 0 Å². The molecule has 0 saturated carbocycles. The lowest BCUT2D eigenvalue weighted by atomic mass is 10.0. The number of carbonyl (C=O) groups is 3. The number of methoxy groups -OCH3 is 3. The van der Waals surface area contributed by atoms with Crippen LogP contribution in [0, 0.1) is 0 Å². The van der Waals surface area contributed by atoms with Crippen molar-refractivity contribution in [2.45, 2.75) is 38.3 Å². The Balaban J connectivity index is 1.40. The largest absolute Gasteiger partial charge is 0.497 e. The molecule has 1 aliphatic heterocycles. The standard InChI is InChI=1S/C36H42N6O7/c1-46-28-14-13-26(32(23-28)48-3)22-33(43)41-18-15-27-24-42(40-39-27)17-8-20-49-34-29(11-7-12-31(34)47-2)35(44)38-30(36(45)37-16-19-41)21-25-9-5-4-6-10-25/h4-7,9-14,23-24,30H,8,15-22H2,1-3H3,(H,37,45)(H,38,44)/t30-/m0/s1. The monoisotopic (exact) mass is 670 g/mol. The average Bonchev–Trinajstić information content (AvgIpc) is 3.58. The number of aryl methyl sites for hydroxylation is 1. The number of nitrogens with one attached hydrogen (secondary N) is 2. The number of carbonyl (C=O) groups excluding carboxylic acids is 3. The Morgan fingerprint density at radius 3 is 2.53 bits per heavy atom. The molecule has 13 nitrogen and oxygen atoms in total. The molecule has 0 spiro atoms. The third kappa shape index (κ3) is 9.28. The van der Waals surface area contributed by atoms with Crippen molar-refractivity contribution in [3.05, 3.63) is 95.3 Å². The minimum atomic E-state index is -0.905. The molecule has 0 unspecified atom stereocenters. The summed E-state index contributed by atoms with van der Waals surface area (Å²) < 4.78 is 24.1. The number of para-hydroxylation sites is 1. The second-order valence-electron chi connectivity index (χ2n) is 11.5. The van der Waals surface area contributed by atoms with Gasteiger partial charge in [0.15, 0.2) is 11.5 Å². The van der Waals surface area contributed by atoms with Crippen molar-refractivity contribution in [2.75, 3.05) is 47.6 Å². The molecule has 0 radical (unpaired) electrons. The molecule has 1 atom stereocenters. The van der Waals surface area contributed by atoms with E-state index in [4.69, 9.17) is 18.9 Å². The molecule has 3 amide bonds. The molecule has 1 aromatic heterocycles. The topological polar surface area (TPSA) is 146 Å². The maximum absolute atomic E-state index is 13.7. The first-order chi connectivity index (χ1) is 23.9. The zero-order chi connectivity index (χ0) is 34.6. The number of nitrogens with zero attached hydrogens (tertiary/aromatic N) is 4. The lowest BCUT2D eigenvalue weighted by Gasteiger charge is -2.24. The highest BCUT2D eigenvalue weighted by atomic mass is 16.5. The summed E-state index contributed by atoms with van der Waals surface area (Å²) in [5, 5.41) is 14.4. The van der Waals surface area contributed by atoms with Gasteiger partial charge in [0.05, 0.1) is 45.6 Å². The van der Waals surface area contributed by atoms with Gasteiger partial charge in [0.2, 0.25) is 11.8 Å². The lowest BCUT2D eigenvalue weighted by molar-refractivity contribution is -0.131. The van der Waals surface area contributed by atoms with Crippen LogP contribution in [-0.4, -0.2) is 91.2 Å². The molecule has 49 heavy (non-hydrogen) atoms. The van der Waals surface area contributed by atoms with Crippen LogP contribution >= 0.6 is 0 Å². The van der Waals surface area contributed by atoms with Crippen LogP contribution < -0.4 is 29.6 Å². The van der Waals surface area contributed by atoms with Gasteiger partial charge in [-0.2, -0.15) is 0 Å². The quantitative estimate of drug-likeness (QED) is 0.303. The molecule has 3 aromatic carbocycles. The molecule has 2 N–H and O–H groups in total. The SMILES string of the molecule is COc1ccc(CC(=O)N2CCNC(=O)[C@H](Cc3ccccc3)NC(=O)c3cccc(OC)c3OCCCn3cc(nn3)CC2)c(OC)c1. The van der Waals surface area contributed by atoms with E-state index in [0.29, 0.717) is 54.5 Å². The summed E-state index contributed by atoms with van der Waals surface area (Å²) in [5.74, 6) is 0.861. The van der Waals surface area contributed by atoms with Crippen molar-refractivity contribution >= 4 is 17.7 Å². The van der Waals surface area contributed by atoms with Gasteiger partial charge in [-0.1, -0.05) is 47.7 Å². The first-order valence-electron chi connectivity index (χ1n) is 16.2. The Kier molecular flexibility index (Phi) is 12.0. The maximum atomic E-state index is 13.7. The predicted molar refractivity (Wildman–Crippen MR) is 181 cm³/mol. The number of fused-ring (bicyclic) bond motifs is 3. The summed E-state index contributed by atoms with van der Waals surface area (Å²) in [7, 11) is 4.63. The second kappa shape index (κ2) is 17.0. The van der Waals surface area contributed by atoms with E-state index in [-0.39, 0.29) is 49.9 Å². The van der Waals surface area contributed by atoms with Crippen LogP contribution in [0.2, 0.25) is 0 Å². The highest BCUT2D eigenvalue weighted by Gasteiger charge is 2.26. The van der Waals surface area contributed by atoms with E-state index in [9.17, 15) is 14.4 Å². The van der Waals surface area contributed by atoms with Crippen LogP contribution in [0.15, 0.2) is 72.9 Å². The molecule has 2 heterocycles. The zero-order valence-corrected chi connectivity index (χ0v) is 28.0. The summed E-state index contributed by atoms with van der Waals surface area (Å²) in [5.41, 5.74) is 2.56. The van der Waals surface area contributed by atoms with Gasteiger partial charge >= 0.3 is 0 Å². The Labute approximate surface area is 285 Å². The van der Waals surface area contributed by atoms with Gasteiger partial charge in [-0.15, -0.1) is 5.10 Å². The van der Waals surface area contributed by atoms with E-state index in [1.54, 1.807) is 54.1 Å². The van der Waals surface area contributed by atoms with Crippen molar-refractivity contribution < 1.29 is 33.3 Å². The van der Waals surface area contributed by atoms with Crippen LogP contribution in [0.25, 0.3) is 0 Å². The molecular weight excluding hydrogens is 628 g/mol. The van der Waals surface area contributed by atoms with Crippen LogP contribution in [0.5, 0.6) is 23.0 Å². The number of hydrogen-bond donors (Lipinski definition) is 2. The maximum Gasteiger partial charge on any atom is 0.255 e. The number of rotatable bonds is 7. The fraction of sp³-hybridized carbons (Fsp3) is 0.361. The van der Waals surface area contributed by atoms with Crippen LogP contribution in [0.4, 0.5) is 0 Å². The van der Waals surface area contributed by atoms with Crippen molar-refractivity contribution in [3.63, 3.8) is 0 Å². The van der Waals surface area contributed by atoms with E-state index in [1.165, 1.54) is 7.11 Å². The lowest BCUT2D eigenvalue weighted by Crippen LogP contribution is -2.50. The van der Waals surface area contributed by atoms with E-state index in [1.807, 2.05) is 42.6 Å². The molecule has 258 valence electrons. The number of ether oxygens (including phenoxy) is 4. The van der Waals surface area contributed by atoms with Crippen molar-refractivity contribution in [1.29, 1.82) is 0 Å². The summed E-state index contributed by atoms with van der Waals surface area (Å²) in [6, 6.07) is 18.9. The summed E-state index contributed by atoms with van der Waals surface area (Å²) >= 11 is 0. The van der Waals surface area contributed by atoms with E-state index in [2.05, 4.69) is 20.9 Å². The van der Waals surface area contributed by atoms with E-state index < -0.39 is 11.9 Å². The van der Waals surface area contributed by atoms with E-state index >= 15 is 0 Å². The normalized spacial score (nSPS) is 16.1. The third-order valence-corrected chi connectivity index (χ3v) is 8.22. The van der Waals surface area contributed by atoms with Crippen molar-refractivity contribution in [3.8, 4) is 23.0 Å². The Morgan fingerprint density at radius 1 is 0.939 bits per heavy atom.